The van der Waals surface area contributed by atoms with Crippen LogP contribution in [0.4, 0.5) is 0 Å². The summed E-state index contributed by atoms with van der Waals surface area (Å²) in [6, 6.07) is 11.0. The quantitative estimate of drug-likeness (QED) is 0.633. The lowest BCUT2D eigenvalue weighted by Crippen LogP contribution is -2.50. The molecule has 1 atom stereocenters. The SMILES string of the molecule is CCNC(=O)[C@@H](CC)N(Cc1cccc(C)c1)C(=O)COc1cc(C)c(Cl)c(C)c1. The van der Waals surface area contributed by atoms with Gasteiger partial charge < -0.3 is 15.0 Å². The van der Waals surface area contributed by atoms with E-state index in [0.29, 0.717) is 30.3 Å². The van der Waals surface area contributed by atoms with E-state index < -0.39 is 6.04 Å². The van der Waals surface area contributed by atoms with Gasteiger partial charge in [-0.25, -0.2) is 0 Å². The van der Waals surface area contributed by atoms with Crippen LogP contribution in [0, 0.1) is 20.8 Å². The summed E-state index contributed by atoms with van der Waals surface area (Å²) in [6.45, 7) is 10.3. The van der Waals surface area contributed by atoms with Crippen molar-refractivity contribution in [2.75, 3.05) is 13.2 Å². The average Bonchev–Trinajstić information content (AvgIpc) is 2.70. The van der Waals surface area contributed by atoms with E-state index in [4.69, 9.17) is 16.3 Å². The first-order valence-electron chi connectivity index (χ1n) is 10.3. The molecule has 2 amide bonds. The molecule has 0 aliphatic carbocycles. The molecule has 0 fully saturated rings. The molecule has 0 heterocycles. The van der Waals surface area contributed by atoms with Crippen LogP contribution >= 0.6 is 11.6 Å². The van der Waals surface area contributed by atoms with Gasteiger partial charge in [-0.15, -0.1) is 0 Å². The van der Waals surface area contributed by atoms with Gasteiger partial charge in [0.2, 0.25) is 5.91 Å². The third-order valence-corrected chi connectivity index (χ3v) is 5.54. The number of nitrogens with one attached hydrogen (secondary N) is 1. The summed E-state index contributed by atoms with van der Waals surface area (Å²) < 4.78 is 5.78. The minimum Gasteiger partial charge on any atom is -0.484 e. The van der Waals surface area contributed by atoms with E-state index in [1.807, 2.05) is 71.0 Å². The normalized spacial score (nSPS) is 11.7. The Morgan fingerprint density at radius 3 is 2.33 bits per heavy atom. The van der Waals surface area contributed by atoms with Crippen LogP contribution in [-0.2, 0) is 16.1 Å². The monoisotopic (exact) mass is 430 g/mol. The van der Waals surface area contributed by atoms with Gasteiger partial charge in [-0.1, -0.05) is 48.4 Å². The number of ether oxygens (including phenoxy) is 1. The van der Waals surface area contributed by atoms with Gasteiger partial charge in [-0.05, 0) is 62.9 Å². The molecule has 0 unspecified atom stereocenters. The van der Waals surface area contributed by atoms with Crippen molar-refractivity contribution in [3.63, 3.8) is 0 Å². The van der Waals surface area contributed by atoms with Crippen molar-refractivity contribution < 1.29 is 14.3 Å². The predicted molar refractivity (Wildman–Crippen MR) is 121 cm³/mol. The van der Waals surface area contributed by atoms with Crippen molar-refractivity contribution in [2.24, 2.45) is 0 Å². The van der Waals surface area contributed by atoms with Gasteiger partial charge in [0.15, 0.2) is 6.61 Å². The van der Waals surface area contributed by atoms with Crippen LogP contribution in [0.15, 0.2) is 36.4 Å². The predicted octanol–water partition coefficient (Wildman–Crippen LogP) is 4.59. The Morgan fingerprint density at radius 2 is 1.77 bits per heavy atom. The Hall–Kier alpha value is -2.53. The van der Waals surface area contributed by atoms with Crippen molar-refractivity contribution in [1.82, 2.24) is 10.2 Å². The number of amides is 2. The second kappa shape index (κ2) is 11.0. The van der Waals surface area contributed by atoms with Gasteiger partial charge in [-0.2, -0.15) is 0 Å². The topological polar surface area (TPSA) is 58.6 Å². The van der Waals surface area contributed by atoms with Crippen molar-refractivity contribution >= 4 is 23.4 Å². The van der Waals surface area contributed by atoms with E-state index in [-0.39, 0.29) is 18.4 Å². The highest BCUT2D eigenvalue weighted by atomic mass is 35.5. The van der Waals surface area contributed by atoms with Crippen LogP contribution in [0.2, 0.25) is 5.02 Å². The van der Waals surface area contributed by atoms with Crippen molar-refractivity contribution in [3.05, 3.63) is 63.7 Å². The molecule has 30 heavy (non-hydrogen) atoms. The maximum Gasteiger partial charge on any atom is 0.261 e. The first kappa shape index (κ1) is 23.7. The molecule has 0 aliphatic rings. The van der Waals surface area contributed by atoms with Gasteiger partial charge in [0, 0.05) is 18.1 Å². The molecule has 2 aromatic rings. The fourth-order valence-electron chi connectivity index (χ4n) is 3.44. The van der Waals surface area contributed by atoms with E-state index >= 15 is 0 Å². The fourth-order valence-corrected chi connectivity index (χ4v) is 3.55. The molecule has 2 rings (SSSR count). The Bertz CT molecular complexity index is 875. The Kier molecular flexibility index (Phi) is 8.72. The molecular weight excluding hydrogens is 400 g/mol. The number of nitrogens with zero attached hydrogens (tertiary/aromatic N) is 1. The number of likely N-dealkylation sites (N-methyl/N-ethyl adjacent to an activating group) is 1. The Morgan fingerprint density at radius 1 is 1.10 bits per heavy atom. The summed E-state index contributed by atoms with van der Waals surface area (Å²) >= 11 is 6.22. The summed E-state index contributed by atoms with van der Waals surface area (Å²) in [5, 5.41) is 3.53. The maximum absolute atomic E-state index is 13.1. The highest BCUT2D eigenvalue weighted by Gasteiger charge is 2.28. The fraction of sp³-hybridized carbons (Fsp3) is 0.417. The largest absolute Gasteiger partial charge is 0.484 e. The second-order valence-corrected chi connectivity index (χ2v) is 7.87. The number of hydrogen-bond acceptors (Lipinski definition) is 3. The van der Waals surface area contributed by atoms with Crippen molar-refractivity contribution in [2.45, 2.75) is 53.6 Å². The minimum atomic E-state index is -0.560. The van der Waals surface area contributed by atoms with Crippen LogP contribution in [0.5, 0.6) is 5.75 Å². The van der Waals surface area contributed by atoms with E-state index in [1.54, 1.807) is 4.90 Å². The van der Waals surface area contributed by atoms with Crippen LogP contribution < -0.4 is 10.1 Å². The van der Waals surface area contributed by atoms with Gasteiger partial charge >= 0.3 is 0 Å². The Labute approximate surface area is 184 Å². The number of carbonyl (C=O) groups excluding carboxylic acids is 2. The first-order chi connectivity index (χ1) is 14.3. The smallest absolute Gasteiger partial charge is 0.261 e. The summed E-state index contributed by atoms with van der Waals surface area (Å²) in [7, 11) is 0. The lowest BCUT2D eigenvalue weighted by molar-refractivity contribution is -0.142. The average molecular weight is 431 g/mol. The van der Waals surface area contributed by atoms with Crippen molar-refractivity contribution in [3.8, 4) is 5.75 Å². The molecule has 2 aromatic carbocycles. The lowest BCUT2D eigenvalue weighted by atomic mass is 10.1. The molecule has 162 valence electrons. The zero-order chi connectivity index (χ0) is 22.3. The zero-order valence-corrected chi connectivity index (χ0v) is 19.2. The molecule has 1 N–H and O–H groups in total. The van der Waals surface area contributed by atoms with Crippen LogP contribution in [0.1, 0.15) is 42.5 Å². The number of rotatable bonds is 9. The number of benzene rings is 2. The minimum absolute atomic E-state index is 0.151. The van der Waals surface area contributed by atoms with Crippen LogP contribution in [-0.4, -0.2) is 35.9 Å². The van der Waals surface area contributed by atoms with E-state index in [9.17, 15) is 9.59 Å². The Balaban J connectivity index is 2.23. The van der Waals surface area contributed by atoms with E-state index in [0.717, 1.165) is 22.3 Å². The number of halogens is 1. The molecule has 6 heteroatoms. The van der Waals surface area contributed by atoms with Gasteiger partial charge in [0.25, 0.3) is 5.91 Å². The summed E-state index contributed by atoms with van der Waals surface area (Å²) in [4.78, 5) is 27.4. The molecule has 0 saturated carbocycles. The molecule has 0 aliphatic heterocycles. The van der Waals surface area contributed by atoms with Crippen LogP contribution in [0.3, 0.4) is 0 Å². The molecule has 0 bridgehead atoms. The standard InChI is InChI=1S/C24H31ClN2O3/c1-6-21(24(29)26-7-2)27(14-19-10-8-9-16(3)11-19)22(28)15-30-20-12-17(4)23(25)18(5)13-20/h8-13,21H,6-7,14-15H2,1-5H3,(H,26,29)/t21-/m1/s1. The third kappa shape index (κ3) is 6.23. The maximum atomic E-state index is 13.1. The molecular formula is C24H31ClN2O3. The molecule has 0 saturated heterocycles. The van der Waals surface area contributed by atoms with Gasteiger partial charge in [-0.3, -0.25) is 9.59 Å². The summed E-state index contributed by atoms with van der Waals surface area (Å²) in [6.07, 6.45) is 0.516. The number of hydrogen-bond donors (Lipinski definition) is 1. The second-order valence-electron chi connectivity index (χ2n) is 7.49. The molecule has 0 aromatic heterocycles. The van der Waals surface area contributed by atoms with E-state index in [1.165, 1.54) is 0 Å². The number of aryl methyl sites for hydroxylation is 3. The molecule has 0 spiro atoms. The summed E-state index contributed by atoms with van der Waals surface area (Å²) in [5.74, 6) is 0.198. The zero-order valence-electron chi connectivity index (χ0n) is 18.4. The first-order valence-corrected chi connectivity index (χ1v) is 10.7. The lowest BCUT2D eigenvalue weighted by Gasteiger charge is -2.30. The van der Waals surface area contributed by atoms with E-state index in [2.05, 4.69) is 5.32 Å². The molecule has 5 nitrogen and oxygen atoms in total. The highest BCUT2D eigenvalue weighted by molar-refractivity contribution is 6.32. The van der Waals surface area contributed by atoms with Crippen LogP contribution in [0.25, 0.3) is 0 Å². The van der Waals surface area contributed by atoms with Gasteiger partial charge in [0.1, 0.15) is 11.8 Å². The third-order valence-electron chi connectivity index (χ3n) is 4.94. The van der Waals surface area contributed by atoms with Crippen molar-refractivity contribution in [1.29, 1.82) is 0 Å². The van der Waals surface area contributed by atoms with Gasteiger partial charge in [0.05, 0.1) is 0 Å². The number of carbonyl (C=O) groups is 2. The summed E-state index contributed by atoms with van der Waals surface area (Å²) in [5.41, 5.74) is 3.87. The highest BCUT2D eigenvalue weighted by Crippen LogP contribution is 2.26. The molecule has 0 radical (unpaired) electrons.